The van der Waals surface area contributed by atoms with Crippen molar-refractivity contribution in [1.29, 1.82) is 0 Å². The third kappa shape index (κ3) is 3.37. The summed E-state index contributed by atoms with van der Waals surface area (Å²) in [5, 5.41) is 11.5. The van der Waals surface area contributed by atoms with Gasteiger partial charge in [0.05, 0.1) is 0 Å². The fourth-order valence-corrected chi connectivity index (χ4v) is 2.60. The third-order valence-electron chi connectivity index (χ3n) is 3.84. The van der Waals surface area contributed by atoms with Crippen molar-refractivity contribution in [2.45, 2.75) is 58.9 Å². The fraction of sp³-hybridized carbons (Fsp3) is 0.846. The van der Waals surface area contributed by atoms with Crippen LogP contribution in [0.5, 0.6) is 0 Å². The van der Waals surface area contributed by atoms with Crippen LogP contribution in [-0.4, -0.2) is 34.4 Å². The SMILES string of the molecule is CC(C)N(CCC(N)=NO)C(=O)C1(C)CCCC1. The van der Waals surface area contributed by atoms with E-state index in [0.29, 0.717) is 13.0 Å². The predicted octanol–water partition coefficient (Wildman–Crippen LogP) is 1.94. The van der Waals surface area contributed by atoms with Crippen molar-refractivity contribution in [1.82, 2.24) is 4.90 Å². The van der Waals surface area contributed by atoms with Crippen LogP contribution < -0.4 is 5.73 Å². The van der Waals surface area contributed by atoms with E-state index < -0.39 is 0 Å². The molecular weight excluding hydrogens is 230 g/mol. The van der Waals surface area contributed by atoms with Gasteiger partial charge in [-0.25, -0.2) is 0 Å². The summed E-state index contributed by atoms with van der Waals surface area (Å²) in [4.78, 5) is 14.4. The van der Waals surface area contributed by atoms with Gasteiger partial charge in [-0.15, -0.1) is 0 Å². The van der Waals surface area contributed by atoms with Crippen molar-refractivity contribution in [2.24, 2.45) is 16.3 Å². The Balaban J connectivity index is 2.69. The normalized spacial score (nSPS) is 19.2. The molecule has 1 fully saturated rings. The molecule has 0 unspecified atom stereocenters. The Hall–Kier alpha value is -1.26. The first-order chi connectivity index (χ1) is 8.40. The molecule has 0 heterocycles. The van der Waals surface area contributed by atoms with Crippen molar-refractivity contribution in [3.05, 3.63) is 0 Å². The van der Waals surface area contributed by atoms with Gasteiger partial charge < -0.3 is 15.8 Å². The molecule has 1 amide bonds. The second-order valence-electron chi connectivity index (χ2n) is 5.70. The first-order valence-electron chi connectivity index (χ1n) is 6.68. The highest BCUT2D eigenvalue weighted by Crippen LogP contribution is 2.39. The van der Waals surface area contributed by atoms with E-state index in [4.69, 9.17) is 10.9 Å². The molecule has 1 aliphatic carbocycles. The average molecular weight is 255 g/mol. The van der Waals surface area contributed by atoms with Gasteiger partial charge in [0.1, 0.15) is 5.84 Å². The number of hydrogen-bond donors (Lipinski definition) is 2. The number of hydrogen-bond acceptors (Lipinski definition) is 3. The summed E-state index contributed by atoms with van der Waals surface area (Å²) in [5.74, 6) is 0.380. The average Bonchev–Trinajstić information content (AvgIpc) is 2.76. The Bertz CT molecular complexity index is 320. The summed E-state index contributed by atoms with van der Waals surface area (Å²) in [6.07, 6.45) is 4.62. The van der Waals surface area contributed by atoms with Gasteiger partial charge in [0.2, 0.25) is 5.91 Å². The minimum Gasteiger partial charge on any atom is -0.409 e. The Morgan fingerprint density at radius 1 is 1.44 bits per heavy atom. The zero-order valence-electron chi connectivity index (χ0n) is 11.6. The molecule has 104 valence electrons. The van der Waals surface area contributed by atoms with E-state index in [9.17, 15) is 4.79 Å². The molecule has 0 aromatic heterocycles. The molecule has 0 atom stereocenters. The van der Waals surface area contributed by atoms with E-state index in [1.165, 1.54) is 0 Å². The maximum atomic E-state index is 12.6. The molecule has 3 N–H and O–H groups in total. The van der Waals surface area contributed by atoms with Crippen LogP contribution in [0.15, 0.2) is 5.16 Å². The third-order valence-corrected chi connectivity index (χ3v) is 3.84. The van der Waals surface area contributed by atoms with Gasteiger partial charge in [0, 0.05) is 24.4 Å². The number of rotatable bonds is 5. The monoisotopic (exact) mass is 255 g/mol. The molecule has 0 aromatic carbocycles. The first kappa shape index (κ1) is 14.8. The van der Waals surface area contributed by atoms with Crippen molar-refractivity contribution < 1.29 is 10.0 Å². The molecule has 0 aromatic rings. The van der Waals surface area contributed by atoms with Gasteiger partial charge in [-0.3, -0.25) is 4.79 Å². The Morgan fingerprint density at radius 2 is 2.00 bits per heavy atom. The van der Waals surface area contributed by atoms with Crippen LogP contribution in [0.25, 0.3) is 0 Å². The van der Waals surface area contributed by atoms with Crippen molar-refractivity contribution in [3.63, 3.8) is 0 Å². The largest absolute Gasteiger partial charge is 0.409 e. The molecule has 5 heteroatoms. The topological polar surface area (TPSA) is 78.9 Å². The van der Waals surface area contributed by atoms with Crippen LogP contribution in [0.2, 0.25) is 0 Å². The Kier molecular flexibility index (Phi) is 4.99. The molecule has 1 saturated carbocycles. The predicted molar refractivity (Wildman–Crippen MR) is 71.4 cm³/mol. The maximum Gasteiger partial charge on any atom is 0.228 e. The molecule has 0 bridgehead atoms. The van der Waals surface area contributed by atoms with Crippen LogP contribution in [0.1, 0.15) is 52.9 Å². The number of nitrogens with zero attached hydrogens (tertiary/aromatic N) is 2. The highest BCUT2D eigenvalue weighted by Gasteiger charge is 2.39. The number of amidine groups is 1. The number of carbonyl (C=O) groups excluding carboxylic acids is 1. The van der Waals surface area contributed by atoms with E-state index in [1.807, 2.05) is 18.7 Å². The van der Waals surface area contributed by atoms with E-state index in [1.54, 1.807) is 0 Å². The lowest BCUT2D eigenvalue weighted by atomic mass is 9.86. The van der Waals surface area contributed by atoms with E-state index in [0.717, 1.165) is 25.7 Å². The van der Waals surface area contributed by atoms with Gasteiger partial charge in [-0.05, 0) is 26.7 Å². The van der Waals surface area contributed by atoms with E-state index in [-0.39, 0.29) is 23.2 Å². The van der Waals surface area contributed by atoms with Gasteiger partial charge in [-0.2, -0.15) is 0 Å². The zero-order valence-corrected chi connectivity index (χ0v) is 11.6. The molecule has 0 saturated heterocycles. The molecular formula is C13H25N3O2. The van der Waals surface area contributed by atoms with E-state index in [2.05, 4.69) is 12.1 Å². The number of nitrogens with two attached hydrogens (primary N) is 1. The molecule has 0 radical (unpaired) electrons. The fourth-order valence-electron chi connectivity index (χ4n) is 2.60. The lowest BCUT2D eigenvalue weighted by molar-refractivity contribution is -0.142. The summed E-state index contributed by atoms with van der Waals surface area (Å²) in [5.41, 5.74) is 5.26. The van der Waals surface area contributed by atoms with Crippen LogP contribution in [0.4, 0.5) is 0 Å². The molecule has 18 heavy (non-hydrogen) atoms. The number of carbonyl (C=O) groups is 1. The molecule has 1 aliphatic rings. The summed E-state index contributed by atoms with van der Waals surface area (Å²) < 4.78 is 0. The highest BCUT2D eigenvalue weighted by atomic mass is 16.4. The summed E-state index contributed by atoms with van der Waals surface area (Å²) in [6, 6.07) is 0.140. The minimum atomic E-state index is -0.213. The smallest absolute Gasteiger partial charge is 0.228 e. The van der Waals surface area contributed by atoms with Gasteiger partial charge >= 0.3 is 0 Å². The zero-order chi connectivity index (χ0) is 13.8. The van der Waals surface area contributed by atoms with Crippen molar-refractivity contribution in [3.8, 4) is 0 Å². The van der Waals surface area contributed by atoms with Crippen LogP contribution in [0, 0.1) is 5.41 Å². The first-order valence-corrected chi connectivity index (χ1v) is 6.68. The molecule has 0 spiro atoms. The van der Waals surface area contributed by atoms with E-state index >= 15 is 0 Å². The summed E-state index contributed by atoms with van der Waals surface area (Å²) in [7, 11) is 0. The van der Waals surface area contributed by atoms with Crippen LogP contribution in [-0.2, 0) is 4.79 Å². The quantitative estimate of drug-likeness (QED) is 0.341. The maximum absolute atomic E-state index is 12.6. The second kappa shape index (κ2) is 6.07. The van der Waals surface area contributed by atoms with Crippen molar-refractivity contribution in [2.75, 3.05) is 6.54 Å². The van der Waals surface area contributed by atoms with Gasteiger partial charge in [-0.1, -0.05) is 24.9 Å². The molecule has 0 aliphatic heterocycles. The summed E-state index contributed by atoms with van der Waals surface area (Å²) in [6.45, 7) is 6.58. The Morgan fingerprint density at radius 3 is 2.44 bits per heavy atom. The lowest BCUT2D eigenvalue weighted by Gasteiger charge is -2.34. The van der Waals surface area contributed by atoms with Crippen molar-refractivity contribution >= 4 is 11.7 Å². The minimum absolute atomic E-state index is 0.140. The number of oxime groups is 1. The lowest BCUT2D eigenvalue weighted by Crippen LogP contribution is -2.46. The molecule has 1 rings (SSSR count). The standard InChI is InChI=1S/C13H25N3O2/c1-10(2)16(9-6-11(14)15-18)12(17)13(3)7-4-5-8-13/h10,18H,4-9H2,1-3H3,(H2,14,15). The summed E-state index contributed by atoms with van der Waals surface area (Å²) >= 11 is 0. The molecule has 5 nitrogen and oxygen atoms in total. The Labute approximate surface area is 109 Å². The number of amides is 1. The van der Waals surface area contributed by atoms with Gasteiger partial charge in [0.25, 0.3) is 0 Å². The highest BCUT2D eigenvalue weighted by molar-refractivity contribution is 5.84. The van der Waals surface area contributed by atoms with Crippen LogP contribution >= 0.6 is 0 Å². The van der Waals surface area contributed by atoms with Crippen LogP contribution in [0.3, 0.4) is 0 Å². The second-order valence-corrected chi connectivity index (χ2v) is 5.70. The van der Waals surface area contributed by atoms with Gasteiger partial charge in [0.15, 0.2) is 0 Å².